The van der Waals surface area contributed by atoms with Gasteiger partial charge in [0.05, 0.1) is 23.1 Å². The van der Waals surface area contributed by atoms with Gasteiger partial charge in [0, 0.05) is 23.6 Å². The van der Waals surface area contributed by atoms with Gasteiger partial charge in [0.25, 0.3) is 5.91 Å². The van der Waals surface area contributed by atoms with Gasteiger partial charge in [0.2, 0.25) is 0 Å². The van der Waals surface area contributed by atoms with Crippen LogP contribution < -0.4 is 9.47 Å². The lowest BCUT2D eigenvalue weighted by Gasteiger charge is -2.15. The molecule has 0 aromatic heterocycles. The highest BCUT2D eigenvalue weighted by atomic mass is 79.9. The van der Waals surface area contributed by atoms with Crippen molar-refractivity contribution in [3.8, 4) is 11.5 Å². The molecule has 0 spiro atoms. The summed E-state index contributed by atoms with van der Waals surface area (Å²) in [5.41, 5.74) is 1.65. The Bertz CT molecular complexity index is 1160. The molecule has 1 fully saturated rings. The maximum Gasteiger partial charge on any atom is 0.305 e. The van der Waals surface area contributed by atoms with Crippen LogP contribution in [0, 0.1) is 0 Å². The first-order valence-corrected chi connectivity index (χ1v) is 13.9. The van der Waals surface area contributed by atoms with Crippen molar-refractivity contribution in [3.05, 3.63) is 61.9 Å². The summed E-state index contributed by atoms with van der Waals surface area (Å²) >= 11 is 16.6. The fourth-order valence-electron chi connectivity index (χ4n) is 3.50. The Morgan fingerprint density at radius 2 is 1.97 bits per heavy atom. The lowest BCUT2D eigenvalue weighted by atomic mass is 10.1. The number of benzene rings is 2. The van der Waals surface area contributed by atoms with Crippen molar-refractivity contribution in [2.75, 3.05) is 20.3 Å². The van der Waals surface area contributed by atoms with E-state index in [1.165, 1.54) is 18.9 Å². The standard InChI is InChI=1S/C26H27BrClNO5S2/c1-3-33-21-14-17(13-19(27)24(21)34-16-18-9-6-7-10-20(18)28)15-22-25(31)29(26(35)36-22)12-8-4-5-11-23(30)32-2/h6-7,9-10,13-15H,3-5,8,11-12,16H2,1-2H3/b22-15-. The SMILES string of the molecule is CCOc1cc(/C=C2\SC(=S)N(CCCCCC(=O)OC)C2=O)cc(Br)c1OCc1ccccc1Cl. The van der Waals surface area contributed by atoms with E-state index in [1.54, 1.807) is 4.90 Å². The summed E-state index contributed by atoms with van der Waals surface area (Å²) in [4.78, 5) is 26.4. The van der Waals surface area contributed by atoms with E-state index in [2.05, 4.69) is 20.7 Å². The molecule has 1 aliphatic heterocycles. The molecule has 0 radical (unpaired) electrons. The van der Waals surface area contributed by atoms with Crippen molar-refractivity contribution in [3.63, 3.8) is 0 Å². The zero-order valence-corrected chi connectivity index (χ0v) is 24.0. The van der Waals surface area contributed by atoms with E-state index < -0.39 is 0 Å². The molecule has 1 heterocycles. The number of nitrogens with zero attached hydrogens (tertiary/aromatic N) is 1. The number of unbranched alkanes of at least 4 members (excludes halogenated alkanes) is 2. The van der Waals surface area contributed by atoms with Crippen LogP contribution in [0.3, 0.4) is 0 Å². The largest absolute Gasteiger partial charge is 0.490 e. The minimum absolute atomic E-state index is 0.119. The summed E-state index contributed by atoms with van der Waals surface area (Å²) in [5, 5.41) is 0.633. The minimum Gasteiger partial charge on any atom is -0.490 e. The second-order valence-corrected chi connectivity index (χ2v) is 10.8. The fourth-order valence-corrected chi connectivity index (χ4v) is 5.57. The van der Waals surface area contributed by atoms with Crippen LogP contribution in [0.2, 0.25) is 5.02 Å². The number of halogens is 2. The molecule has 0 saturated carbocycles. The van der Waals surface area contributed by atoms with Crippen molar-refractivity contribution in [1.29, 1.82) is 0 Å². The smallest absolute Gasteiger partial charge is 0.305 e. The normalized spacial score (nSPS) is 14.4. The maximum atomic E-state index is 13.0. The number of hydrogen-bond donors (Lipinski definition) is 0. The number of thiocarbonyl (C=S) groups is 1. The van der Waals surface area contributed by atoms with Crippen LogP contribution >= 0.6 is 51.5 Å². The minimum atomic E-state index is -0.221. The number of carbonyl (C=O) groups is 2. The third kappa shape index (κ3) is 7.71. The summed E-state index contributed by atoms with van der Waals surface area (Å²) < 4.78 is 17.8. The van der Waals surface area contributed by atoms with Gasteiger partial charge < -0.3 is 14.2 Å². The van der Waals surface area contributed by atoms with Gasteiger partial charge in [-0.25, -0.2) is 0 Å². The summed E-state index contributed by atoms with van der Waals surface area (Å²) in [6.45, 7) is 3.16. The van der Waals surface area contributed by atoms with Crippen molar-refractivity contribution in [2.24, 2.45) is 0 Å². The first-order chi connectivity index (χ1) is 17.3. The highest BCUT2D eigenvalue weighted by Gasteiger charge is 2.31. The quantitative estimate of drug-likeness (QED) is 0.111. The van der Waals surface area contributed by atoms with Crippen molar-refractivity contribution < 1.29 is 23.8 Å². The molecule has 6 nitrogen and oxygen atoms in total. The van der Waals surface area contributed by atoms with E-state index in [9.17, 15) is 9.59 Å². The number of hydrogen-bond acceptors (Lipinski definition) is 7. The van der Waals surface area contributed by atoms with Crippen LogP contribution in [0.1, 0.15) is 43.7 Å². The van der Waals surface area contributed by atoms with E-state index in [4.69, 9.17) is 33.3 Å². The predicted molar refractivity (Wildman–Crippen MR) is 151 cm³/mol. The molecule has 0 atom stereocenters. The third-order valence-electron chi connectivity index (χ3n) is 5.32. The fraction of sp³-hybridized carbons (Fsp3) is 0.346. The van der Waals surface area contributed by atoms with Crippen LogP contribution in [0.5, 0.6) is 11.5 Å². The van der Waals surface area contributed by atoms with E-state index >= 15 is 0 Å². The van der Waals surface area contributed by atoms with Crippen molar-refractivity contribution in [2.45, 2.75) is 39.2 Å². The Hall–Kier alpha value is -2.07. The monoisotopic (exact) mass is 611 g/mol. The van der Waals surface area contributed by atoms with Gasteiger partial charge in [0.15, 0.2) is 11.5 Å². The summed E-state index contributed by atoms with van der Waals surface area (Å²) in [6.07, 6.45) is 4.47. The Morgan fingerprint density at radius 1 is 1.19 bits per heavy atom. The Kier molecular flexibility index (Phi) is 11.1. The average molecular weight is 613 g/mol. The second-order valence-electron chi connectivity index (χ2n) is 7.86. The van der Waals surface area contributed by atoms with Crippen molar-refractivity contribution in [1.82, 2.24) is 4.90 Å². The van der Waals surface area contributed by atoms with Gasteiger partial charge >= 0.3 is 5.97 Å². The molecule has 0 bridgehead atoms. The number of carbonyl (C=O) groups excluding carboxylic acids is 2. The molecule has 0 N–H and O–H groups in total. The number of methoxy groups -OCH3 is 1. The van der Waals surface area contributed by atoms with E-state index in [1.807, 2.05) is 49.4 Å². The molecule has 2 aromatic carbocycles. The Labute approximate surface area is 234 Å². The number of ether oxygens (including phenoxy) is 3. The first-order valence-electron chi connectivity index (χ1n) is 11.5. The summed E-state index contributed by atoms with van der Waals surface area (Å²) in [5.74, 6) is 0.784. The van der Waals surface area contributed by atoms with Gasteiger partial charge in [-0.05, 0) is 65.5 Å². The van der Waals surface area contributed by atoms with Crippen LogP contribution in [0.15, 0.2) is 45.8 Å². The highest BCUT2D eigenvalue weighted by Crippen LogP contribution is 2.40. The van der Waals surface area contributed by atoms with Crippen LogP contribution in [0.4, 0.5) is 0 Å². The zero-order valence-electron chi connectivity index (χ0n) is 20.1. The lowest BCUT2D eigenvalue weighted by Crippen LogP contribution is -2.29. The molecule has 36 heavy (non-hydrogen) atoms. The maximum absolute atomic E-state index is 13.0. The molecular weight excluding hydrogens is 586 g/mol. The van der Waals surface area contributed by atoms with E-state index in [-0.39, 0.29) is 18.5 Å². The topological polar surface area (TPSA) is 65.1 Å². The molecule has 192 valence electrons. The van der Waals surface area contributed by atoms with Crippen LogP contribution in [0.25, 0.3) is 6.08 Å². The van der Waals surface area contributed by atoms with Gasteiger partial charge in [-0.15, -0.1) is 0 Å². The highest BCUT2D eigenvalue weighted by molar-refractivity contribution is 9.10. The zero-order chi connectivity index (χ0) is 26.1. The Balaban J connectivity index is 1.69. The van der Waals surface area contributed by atoms with Crippen LogP contribution in [-0.4, -0.2) is 41.4 Å². The van der Waals surface area contributed by atoms with Gasteiger partial charge in [-0.2, -0.15) is 0 Å². The molecule has 1 saturated heterocycles. The molecule has 10 heteroatoms. The number of rotatable bonds is 12. The molecule has 1 amide bonds. The van der Waals surface area contributed by atoms with E-state index in [0.29, 0.717) is 49.8 Å². The molecule has 0 unspecified atom stereocenters. The van der Waals surface area contributed by atoms with Gasteiger partial charge in [-0.3, -0.25) is 14.5 Å². The number of amides is 1. The molecular formula is C26H27BrClNO5S2. The lowest BCUT2D eigenvalue weighted by molar-refractivity contribution is -0.140. The molecule has 1 aliphatic rings. The third-order valence-corrected chi connectivity index (χ3v) is 7.66. The molecule has 3 rings (SSSR count). The number of thioether (sulfide) groups is 1. The first kappa shape index (κ1) is 28.5. The molecule has 0 aliphatic carbocycles. The van der Waals surface area contributed by atoms with Crippen LogP contribution in [-0.2, 0) is 20.9 Å². The number of esters is 1. The average Bonchev–Trinajstić information content (AvgIpc) is 3.11. The summed E-state index contributed by atoms with van der Waals surface area (Å²) in [6, 6.07) is 11.2. The van der Waals surface area contributed by atoms with Gasteiger partial charge in [-0.1, -0.05) is 60.2 Å². The van der Waals surface area contributed by atoms with Crippen molar-refractivity contribution >= 4 is 73.8 Å². The van der Waals surface area contributed by atoms with E-state index in [0.717, 1.165) is 30.4 Å². The molecule has 2 aromatic rings. The summed E-state index contributed by atoms with van der Waals surface area (Å²) in [7, 11) is 1.38. The Morgan fingerprint density at radius 3 is 2.69 bits per heavy atom. The second kappa shape index (κ2) is 14.0. The van der Waals surface area contributed by atoms with Gasteiger partial charge in [0.1, 0.15) is 10.9 Å². The predicted octanol–water partition coefficient (Wildman–Crippen LogP) is 7.01.